The second-order valence-electron chi connectivity index (χ2n) is 3.22. The van der Waals surface area contributed by atoms with Gasteiger partial charge in [-0.15, -0.1) is 0 Å². The number of esters is 1. The molecule has 0 aliphatic rings. The molecule has 5 nitrogen and oxygen atoms in total. The van der Waals surface area contributed by atoms with Crippen molar-refractivity contribution in [2.75, 3.05) is 7.11 Å². The molecule has 2 atom stereocenters. The maximum atomic E-state index is 11.2. The number of nitrogens with one attached hydrogen (secondary N) is 1. The van der Waals surface area contributed by atoms with E-state index in [1.165, 1.54) is 7.11 Å². The van der Waals surface area contributed by atoms with Crippen LogP contribution in [0.4, 0.5) is 0 Å². The first-order valence-electron chi connectivity index (χ1n) is 4.63. The molecule has 0 spiro atoms. The summed E-state index contributed by atoms with van der Waals surface area (Å²) < 4.78 is 4.59. The Labute approximate surface area is 84.0 Å². The second-order valence-corrected chi connectivity index (χ2v) is 3.22. The average molecular weight is 202 g/mol. The van der Waals surface area contributed by atoms with Crippen LogP contribution in [0.3, 0.4) is 0 Å². The molecule has 0 aromatic carbocycles. The Balaban J connectivity index is 4.04. The number of carbonyl (C=O) groups excluding carboxylic acids is 2. The number of amides is 1. The van der Waals surface area contributed by atoms with Crippen LogP contribution in [0.2, 0.25) is 0 Å². The lowest BCUT2D eigenvalue weighted by Crippen LogP contribution is -2.43. The van der Waals surface area contributed by atoms with Gasteiger partial charge in [0, 0.05) is 12.5 Å². The molecule has 0 radical (unpaired) electrons. The standard InChI is InChI=1S/C9H18N2O3/c1-4-7(9(13)14-3)11-6(2)5-8(10)12/h6-7,11H,4-5H2,1-3H3,(H2,10,12). The summed E-state index contributed by atoms with van der Waals surface area (Å²) in [6.07, 6.45) is 0.837. The number of carbonyl (C=O) groups is 2. The van der Waals surface area contributed by atoms with Gasteiger partial charge >= 0.3 is 5.97 Å². The summed E-state index contributed by atoms with van der Waals surface area (Å²) >= 11 is 0. The van der Waals surface area contributed by atoms with Gasteiger partial charge < -0.3 is 15.8 Å². The number of hydrogen-bond donors (Lipinski definition) is 2. The van der Waals surface area contributed by atoms with Gasteiger partial charge in [-0.3, -0.25) is 9.59 Å². The molecule has 0 bridgehead atoms. The minimum Gasteiger partial charge on any atom is -0.468 e. The predicted octanol–water partition coefficient (Wildman–Crippen LogP) is -0.208. The Bertz CT molecular complexity index is 206. The minimum absolute atomic E-state index is 0.114. The van der Waals surface area contributed by atoms with Crippen LogP contribution in [-0.4, -0.2) is 31.1 Å². The smallest absolute Gasteiger partial charge is 0.322 e. The first kappa shape index (κ1) is 12.9. The lowest BCUT2D eigenvalue weighted by atomic mass is 10.1. The van der Waals surface area contributed by atoms with Gasteiger partial charge in [0.05, 0.1) is 7.11 Å². The number of rotatable bonds is 6. The summed E-state index contributed by atoms with van der Waals surface area (Å²) in [5.74, 6) is -0.700. The van der Waals surface area contributed by atoms with Crippen molar-refractivity contribution in [3.05, 3.63) is 0 Å². The Morgan fingerprint density at radius 1 is 1.50 bits per heavy atom. The van der Waals surface area contributed by atoms with E-state index in [1.54, 1.807) is 6.92 Å². The van der Waals surface area contributed by atoms with Crippen LogP contribution in [0.15, 0.2) is 0 Å². The van der Waals surface area contributed by atoms with E-state index >= 15 is 0 Å². The van der Waals surface area contributed by atoms with E-state index in [-0.39, 0.29) is 30.4 Å². The summed E-state index contributed by atoms with van der Waals surface area (Å²) in [7, 11) is 1.34. The van der Waals surface area contributed by atoms with Crippen molar-refractivity contribution < 1.29 is 14.3 Å². The van der Waals surface area contributed by atoms with Crippen molar-refractivity contribution in [3.63, 3.8) is 0 Å². The molecule has 0 aliphatic heterocycles. The molecular weight excluding hydrogens is 184 g/mol. The second kappa shape index (κ2) is 6.37. The zero-order valence-corrected chi connectivity index (χ0v) is 8.87. The number of methoxy groups -OCH3 is 1. The molecule has 0 heterocycles. The van der Waals surface area contributed by atoms with Crippen LogP contribution in [0.5, 0.6) is 0 Å². The summed E-state index contributed by atoms with van der Waals surface area (Å²) in [5.41, 5.74) is 5.02. The summed E-state index contributed by atoms with van der Waals surface area (Å²) in [4.78, 5) is 21.7. The van der Waals surface area contributed by atoms with E-state index in [0.717, 1.165) is 0 Å². The molecular formula is C9H18N2O3. The van der Waals surface area contributed by atoms with Crippen LogP contribution in [0, 0.1) is 0 Å². The number of primary amides is 1. The van der Waals surface area contributed by atoms with Gasteiger partial charge in [0.2, 0.25) is 5.91 Å². The van der Waals surface area contributed by atoms with E-state index in [0.29, 0.717) is 6.42 Å². The van der Waals surface area contributed by atoms with Gasteiger partial charge in [0.15, 0.2) is 0 Å². The van der Waals surface area contributed by atoms with Crippen molar-refractivity contribution in [3.8, 4) is 0 Å². The molecule has 0 aliphatic carbocycles. The average Bonchev–Trinajstić information content (AvgIpc) is 2.11. The Morgan fingerprint density at radius 2 is 2.07 bits per heavy atom. The first-order valence-corrected chi connectivity index (χ1v) is 4.63. The highest BCUT2D eigenvalue weighted by molar-refractivity contribution is 5.76. The van der Waals surface area contributed by atoms with Gasteiger partial charge in [-0.25, -0.2) is 0 Å². The molecule has 3 N–H and O–H groups in total. The third kappa shape index (κ3) is 4.81. The van der Waals surface area contributed by atoms with E-state index in [4.69, 9.17) is 5.73 Å². The molecule has 14 heavy (non-hydrogen) atoms. The topological polar surface area (TPSA) is 81.4 Å². The number of ether oxygens (including phenoxy) is 1. The van der Waals surface area contributed by atoms with Crippen molar-refractivity contribution in [2.24, 2.45) is 5.73 Å². The maximum absolute atomic E-state index is 11.2. The first-order chi connectivity index (χ1) is 6.51. The third-order valence-corrected chi connectivity index (χ3v) is 1.89. The number of hydrogen-bond acceptors (Lipinski definition) is 4. The van der Waals surface area contributed by atoms with Crippen LogP contribution < -0.4 is 11.1 Å². The zero-order valence-electron chi connectivity index (χ0n) is 8.87. The highest BCUT2D eigenvalue weighted by atomic mass is 16.5. The molecule has 5 heteroatoms. The van der Waals surface area contributed by atoms with Crippen molar-refractivity contribution >= 4 is 11.9 Å². The van der Waals surface area contributed by atoms with Gasteiger partial charge in [0.25, 0.3) is 0 Å². The van der Waals surface area contributed by atoms with E-state index < -0.39 is 0 Å². The summed E-state index contributed by atoms with van der Waals surface area (Å²) in [5, 5.41) is 2.97. The van der Waals surface area contributed by atoms with Crippen molar-refractivity contribution in [2.45, 2.75) is 38.8 Å². The van der Waals surface area contributed by atoms with Crippen molar-refractivity contribution in [1.82, 2.24) is 5.32 Å². The fraction of sp³-hybridized carbons (Fsp3) is 0.778. The predicted molar refractivity (Wildman–Crippen MR) is 52.5 cm³/mol. The minimum atomic E-state index is -0.385. The van der Waals surface area contributed by atoms with Crippen LogP contribution in [0.1, 0.15) is 26.7 Å². The van der Waals surface area contributed by atoms with Crippen LogP contribution in [-0.2, 0) is 14.3 Å². The SMILES string of the molecule is CCC(NC(C)CC(N)=O)C(=O)OC. The lowest BCUT2D eigenvalue weighted by Gasteiger charge is -2.19. The third-order valence-electron chi connectivity index (χ3n) is 1.89. The van der Waals surface area contributed by atoms with E-state index in [2.05, 4.69) is 10.1 Å². The molecule has 0 aromatic rings. The van der Waals surface area contributed by atoms with Crippen LogP contribution in [0.25, 0.3) is 0 Å². The Hall–Kier alpha value is -1.10. The largest absolute Gasteiger partial charge is 0.468 e. The normalized spacial score (nSPS) is 14.5. The Morgan fingerprint density at radius 3 is 2.43 bits per heavy atom. The molecule has 82 valence electrons. The van der Waals surface area contributed by atoms with Gasteiger partial charge in [-0.05, 0) is 13.3 Å². The highest BCUT2D eigenvalue weighted by Crippen LogP contribution is 1.98. The molecule has 1 amide bonds. The van der Waals surface area contributed by atoms with E-state index in [9.17, 15) is 9.59 Å². The highest BCUT2D eigenvalue weighted by Gasteiger charge is 2.19. The van der Waals surface area contributed by atoms with E-state index in [1.807, 2.05) is 6.92 Å². The fourth-order valence-corrected chi connectivity index (χ4v) is 1.20. The molecule has 0 saturated carbocycles. The summed E-state index contributed by atoms with van der Waals surface area (Å²) in [6.45, 7) is 3.67. The van der Waals surface area contributed by atoms with Gasteiger partial charge in [-0.1, -0.05) is 6.92 Å². The molecule has 0 rings (SSSR count). The molecule has 0 aromatic heterocycles. The van der Waals surface area contributed by atoms with Crippen LogP contribution >= 0.6 is 0 Å². The van der Waals surface area contributed by atoms with Gasteiger partial charge in [-0.2, -0.15) is 0 Å². The quantitative estimate of drug-likeness (QED) is 0.584. The lowest BCUT2D eigenvalue weighted by molar-refractivity contribution is -0.143. The number of nitrogens with two attached hydrogens (primary N) is 1. The summed E-state index contributed by atoms with van der Waals surface area (Å²) in [6, 6.07) is -0.481. The zero-order chi connectivity index (χ0) is 11.1. The fourth-order valence-electron chi connectivity index (χ4n) is 1.20. The monoisotopic (exact) mass is 202 g/mol. The van der Waals surface area contributed by atoms with Crippen molar-refractivity contribution in [1.29, 1.82) is 0 Å². The maximum Gasteiger partial charge on any atom is 0.322 e. The molecule has 0 saturated heterocycles. The molecule has 2 unspecified atom stereocenters. The molecule has 0 fully saturated rings. The van der Waals surface area contributed by atoms with Gasteiger partial charge in [0.1, 0.15) is 6.04 Å². The Kier molecular flexibility index (Phi) is 5.87.